The van der Waals surface area contributed by atoms with Crippen LogP contribution in [-0.4, -0.2) is 39.9 Å². The molecule has 178 valence electrons. The maximum absolute atomic E-state index is 13.0. The van der Waals surface area contributed by atoms with E-state index in [4.69, 9.17) is 14.0 Å². The van der Waals surface area contributed by atoms with Crippen molar-refractivity contribution in [2.45, 2.75) is 20.0 Å². The van der Waals surface area contributed by atoms with Gasteiger partial charge < -0.3 is 29.2 Å². The van der Waals surface area contributed by atoms with Gasteiger partial charge in [0.1, 0.15) is 5.56 Å². The quantitative estimate of drug-likeness (QED) is 0.413. The van der Waals surface area contributed by atoms with Gasteiger partial charge in [0.2, 0.25) is 29.8 Å². The standard InChI is InChI=1S/C24H21N5O6/c1-2-29-12-16(22(31)15-8-18-19(9-17(15)29)34-13-33-18)24(32)26-10-20(30)25-11-21-27-23(28-35-21)14-6-4-3-5-7-14/h3-9,12H,2,10-11,13H2,1H3,(H,25,30)(H,26,32). The normalized spacial score (nSPS) is 12.0. The molecule has 1 aliphatic heterocycles. The molecule has 0 radical (unpaired) electrons. The maximum Gasteiger partial charge on any atom is 0.257 e. The molecule has 2 aromatic carbocycles. The number of carbonyl (C=O) groups excluding carboxylic acids is 2. The van der Waals surface area contributed by atoms with Crippen molar-refractivity contribution in [1.29, 1.82) is 0 Å². The van der Waals surface area contributed by atoms with Gasteiger partial charge >= 0.3 is 0 Å². The van der Waals surface area contributed by atoms with Crippen molar-refractivity contribution >= 4 is 22.7 Å². The monoisotopic (exact) mass is 475 g/mol. The molecule has 3 heterocycles. The largest absolute Gasteiger partial charge is 0.454 e. The summed E-state index contributed by atoms with van der Waals surface area (Å²) in [5.41, 5.74) is 0.888. The highest BCUT2D eigenvalue weighted by atomic mass is 16.7. The third kappa shape index (κ3) is 4.43. The molecule has 11 nitrogen and oxygen atoms in total. The number of nitrogens with one attached hydrogen (secondary N) is 2. The van der Waals surface area contributed by atoms with Gasteiger partial charge in [-0.25, -0.2) is 0 Å². The van der Waals surface area contributed by atoms with Crippen LogP contribution in [0.25, 0.3) is 22.3 Å². The summed E-state index contributed by atoms with van der Waals surface area (Å²) in [4.78, 5) is 42.2. The lowest BCUT2D eigenvalue weighted by molar-refractivity contribution is -0.120. The summed E-state index contributed by atoms with van der Waals surface area (Å²) in [6.45, 7) is 2.16. The van der Waals surface area contributed by atoms with Crippen LogP contribution in [0.1, 0.15) is 23.2 Å². The molecular weight excluding hydrogens is 454 g/mol. The molecule has 5 rings (SSSR count). The number of aromatic nitrogens is 3. The molecule has 35 heavy (non-hydrogen) atoms. The van der Waals surface area contributed by atoms with Gasteiger partial charge in [0.15, 0.2) is 11.5 Å². The molecule has 11 heteroatoms. The van der Waals surface area contributed by atoms with Crippen molar-refractivity contribution in [2.75, 3.05) is 13.3 Å². The van der Waals surface area contributed by atoms with Crippen molar-refractivity contribution in [2.24, 2.45) is 0 Å². The Morgan fingerprint density at radius 3 is 2.63 bits per heavy atom. The first-order valence-electron chi connectivity index (χ1n) is 10.9. The molecular formula is C24H21N5O6. The zero-order chi connectivity index (χ0) is 24.4. The van der Waals surface area contributed by atoms with Crippen LogP contribution < -0.4 is 25.5 Å². The summed E-state index contributed by atoms with van der Waals surface area (Å²) >= 11 is 0. The van der Waals surface area contributed by atoms with E-state index in [-0.39, 0.29) is 31.3 Å². The van der Waals surface area contributed by atoms with Crippen molar-refractivity contribution < 1.29 is 23.6 Å². The zero-order valence-corrected chi connectivity index (χ0v) is 18.7. The molecule has 4 aromatic rings. The lowest BCUT2D eigenvalue weighted by Crippen LogP contribution is -2.38. The number of nitrogens with zero attached hydrogens (tertiary/aromatic N) is 3. The molecule has 0 spiro atoms. The summed E-state index contributed by atoms with van der Waals surface area (Å²) in [6, 6.07) is 12.6. The Morgan fingerprint density at radius 1 is 1.09 bits per heavy atom. The summed E-state index contributed by atoms with van der Waals surface area (Å²) in [6.07, 6.45) is 1.48. The van der Waals surface area contributed by atoms with E-state index in [0.717, 1.165) is 5.56 Å². The number of carbonyl (C=O) groups is 2. The molecule has 0 bridgehead atoms. The van der Waals surface area contributed by atoms with Crippen LogP contribution in [0.3, 0.4) is 0 Å². The summed E-state index contributed by atoms with van der Waals surface area (Å²) < 4.78 is 17.7. The van der Waals surface area contributed by atoms with Crippen LogP contribution >= 0.6 is 0 Å². The second-order valence-electron chi connectivity index (χ2n) is 7.72. The first-order chi connectivity index (χ1) is 17.0. The van der Waals surface area contributed by atoms with Crippen LogP contribution in [0.2, 0.25) is 0 Å². The molecule has 2 N–H and O–H groups in total. The van der Waals surface area contributed by atoms with Gasteiger partial charge in [0, 0.05) is 24.4 Å². The first-order valence-corrected chi connectivity index (χ1v) is 10.9. The molecule has 1 aliphatic rings. The average Bonchev–Trinajstić information content (AvgIpc) is 3.55. The van der Waals surface area contributed by atoms with E-state index in [1.807, 2.05) is 37.3 Å². The highest BCUT2D eigenvalue weighted by Gasteiger charge is 2.21. The molecule has 0 saturated heterocycles. The number of fused-ring (bicyclic) bond motifs is 2. The van der Waals surface area contributed by atoms with E-state index in [1.54, 1.807) is 16.7 Å². The summed E-state index contributed by atoms with van der Waals surface area (Å²) in [5.74, 6) is 0.501. The Hall–Kier alpha value is -4.67. The SMILES string of the molecule is CCn1cc(C(=O)NCC(=O)NCc2nc(-c3ccccc3)no2)c(=O)c2cc3c(cc21)OCO3. The number of hydrogen-bond donors (Lipinski definition) is 2. The van der Waals surface area contributed by atoms with Crippen molar-refractivity contribution in [3.05, 3.63) is 70.3 Å². The third-order valence-electron chi connectivity index (χ3n) is 5.51. The van der Waals surface area contributed by atoms with Crippen molar-refractivity contribution in [3.8, 4) is 22.9 Å². The van der Waals surface area contributed by atoms with Crippen LogP contribution in [0.5, 0.6) is 11.5 Å². The van der Waals surface area contributed by atoms with Gasteiger partial charge in [0.25, 0.3) is 5.91 Å². The molecule has 2 amide bonds. The lowest BCUT2D eigenvalue weighted by Gasteiger charge is -2.12. The fraction of sp³-hybridized carbons (Fsp3) is 0.208. The Morgan fingerprint density at radius 2 is 1.86 bits per heavy atom. The molecule has 0 fully saturated rings. The lowest BCUT2D eigenvalue weighted by atomic mass is 10.1. The number of amides is 2. The zero-order valence-electron chi connectivity index (χ0n) is 18.7. The van der Waals surface area contributed by atoms with Gasteiger partial charge in [-0.2, -0.15) is 4.98 Å². The minimum Gasteiger partial charge on any atom is -0.454 e. The third-order valence-corrected chi connectivity index (χ3v) is 5.51. The fourth-order valence-corrected chi connectivity index (χ4v) is 3.73. The minimum atomic E-state index is -0.656. The van der Waals surface area contributed by atoms with Crippen LogP contribution in [0.15, 0.2) is 58.0 Å². The van der Waals surface area contributed by atoms with Crippen molar-refractivity contribution in [1.82, 2.24) is 25.3 Å². The number of aryl methyl sites for hydroxylation is 1. The molecule has 2 aromatic heterocycles. The Labute approximate surface area is 198 Å². The summed E-state index contributed by atoms with van der Waals surface area (Å²) in [7, 11) is 0. The predicted molar refractivity (Wildman–Crippen MR) is 124 cm³/mol. The number of rotatable bonds is 7. The molecule has 0 aliphatic carbocycles. The first kappa shape index (κ1) is 22.1. The van der Waals surface area contributed by atoms with E-state index < -0.39 is 17.2 Å². The van der Waals surface area contributed by atoms with E-state index in [0.29, 0.717) is 34.8 Å². The van der Waals surface area contributed by atoms with E-state index in [1.165, 1.54) is 6.20 Å². The Balaban J connectivity index is 1.24. The van der Waals surface area contributed by atoms with Gasteiger partial charge in [-0.1, -0.05) is 35.5 Å². The summed E-state index contributed by atoms with van der Waals surface area (Å²) in [5, 5.41) is 9.31. The smallest absolute Gasteiger partial charge is 0.257 e. The molecule has 0 unspecified atom stereocenters. The highest BCUT2D eigenvalue weighted by Crippen LogP contribution is 2.35. The van der Waals surface area contributed by atoms with Crippen molar-refractivity contribution in [3.63, 3.8) is 0 Å². The number of benzene rings is 2. The predicted octanol–water partition coefficient (Wildman–Crippen LogP) is 1.85. The Kier molecular flexibility index (Phi) is 5.88. The molecule has 0 saturated carbocycles. The van der Waals surface area contributed by atoms with Crippen LogP contribution in [0, 0.1) is 0 Å². The van der Waals surface area contributed by atoms with Gasteiger partial charge in [-0.15, -0.1) is 0 Å². The van der Waals surface area contributed by atoms with E-state index in [2.05, 4.69) is 20.8 Å². The van der Waals surface area contributed by atoms with Crippen LogP contribution in [-0.2, 0) is 17.9 Å². The van der Waals surface area contributed by atoms with E-state index in [9.17, 15) is 14.4 Å². The van der Waals surface area contributed by atoms with Crippen LogP contribution in [0.4, 0.5) is 0 Å². The second-order valence-corrected chi connectivity index (χ2v) is 7.72. The topological polar surface area (TPSA) is 138 Å². The highest BCUT2D eigenvalue weighted by molar-refractivity contribution is 5.99. The minimum absolute atomic E-state index is 0.000331. The Bertz CT molecular complexity index is 1480. The number of hydrogen-bond acceptors (Lipinski definition) is 8. The fourth-order valence-electron chi connectivity index (χ4n) is 3.73. The number of pyridine rings is 1. The second kappa shape index (κ2) is 9.29. The van der Waals surface area contributed by atoms with Gasteiger partial charge in [-0.05, 0) is 13.0 Å². The number of ether oxygens (including phenoxy) is 2. The van der Waals surface area contributed by atoms with Gasteiger partial charge in [0.05, 0.1) is 24.0 Å². The molecule has 0 atom stereocenters. The maximum atomic E-state index is 13.0. The average molecular weight is 475 g/mol. The van der Waals surface area contributed by atoms with Gasteiger partial charge in [-0.3, -0.25) is 14.4 Å². The van der Waals surface area contributed by atoms with E-state index >= 15 is 0 Å².